The highest BCUT2D eigenvalue weighted by molar-refractivity contribution is 9.10. The summed E-state index contributed by atoms with van der Waals surface area (Å²) in [6, 6.07) is 7.51. The van der Waals surface area contributed by atoms with Gasteiger partial charge in [-0.05, 0) is 34.1 Å². The Morgan fingerprint density at radius 2 is 2.06 bits per heavy atom. The van der Waals surface area contributed by atoms with Gasteiger partial charge >= 0.3 is 0 Å². The Balaban J connectivity index is 2.20. The fourth-order valence-electron chi connectivity index (χ4n) is 1.82. The van der Waals surface area contributed by atoms with Gasteiger partial charge in [-0.1, -0.05) is 6.07 Å². The summed E-state index contributed by atoms with van der Waals surface area (Å²) in [7, 11) is 0. The van der Waals surface area contributed by atoms with Crippen molar-refractivity contribution in [3.05, 3.63) is 58.9 Å². The Hall–Kier alpha value is -2.19. The summed E-state index contributed by atoms with van der Waals surface area (Å²) in [5, 5.41) is 1.04. The topological polar surface area (TPSA) is 35.1 Å². The lowest BCUT2D eigenvalue weighted by Crippen LogP contribution is -1.94. The minimum Gasteiger partial charge on any atom is -0.301 e. The number of halogens is 1. The molecule has 0 N–H and O–H groups in total. The second kappa shape index (κ2) is 4.24. The van der Waals surface area contributed by atoms with Gasteiger partial charge in [0.1, 0.15) is 10.4 Å². The van der Waals surface area contributed by atoms with Gasteiger partial charge < -0.3 is 4.57 Å². The van der Waals surface area contributed by atoms with E-state index in [1.807, 2.05) is 29.0 Å². The molecule has 3 heterocycles. The van der Waals surface area contributed by atoms with Gasteiger partial charge in [0, 0.05) is 24.0 Å². The predicted molar refractivity (Wildman–Crippen MR) is 72.8 cm³/mol. The Morgan fingerprint density at radius 1 is 1.17 bits per heavy atom. The molecule has 0 aliphatic carbocycles. The number of aromatic nitrogens is 3. The molecule has 0 aromatic carbocycles. The summed E-state index contributed by atoms with van der Waals surface area (Å²) < 4.78 is 2.78. The third-order valence-electron chi connectivity index (χ3n) is 2.68. The summed E-state index contributed by atoms with van der Waals surface area (Å²) >= 11 is 3.42. The molecule has 0 aliphatic rings. The van der Waals surface area contributed by atoms with Crippen molar-refractivity contribution in [2.24, 2.45) is 0 Å². The zero-order chi connectivity index (χ0) is 12.5. The van der Waals surface area contributed by atoms with Crippen LogP contribution in [-0.2, 0) is 0 Å². The van der Waals surface area contributed by atoms with Crippen molar-refractivity contribution in [1.82, 2.24) is 14.5 Å². The standard InChI is InChI=1S/C13H7BrN4/c1-15-9-2-3-12(17-8-9)18-7-5-10-11(18)4-6-16-13(10)14/h2-8H. The SMILES string of the molecule is [C-]#[N+]c1ccc(-n2ccc3c(Br)nccc32)nc1. The lowest BCUT2D eigenvalue weighted by molar-refractivity contribution is 1.04. The molecule has 0 saturated carbocycles. The highest BCUT2D eigenvalue weighted by Crippen LogP contribution is 2.25. The quantitative estimate of drug-likeness (QED) is 0.507. The summed E-state index contributed by atoms with van der Waals surface area (Å²) in [5.41, 5.74) is 1.57. The maximum atomic E-state index is 6.91. The molecule has 4 nitrogen and oxygen atoms in total. The molecule has 18 heavy (non-hydrogen) atoms. The number of fused-ring (bicyclic) bond motifs is 1. The average molecular weight is 299 g/mol. The molecule has 0 atom stereocenters. The van der Waals surface area contributed by atoms with Crippen LogP contribution in [0.3, 0.4) is 0 Å². The van der Waals surface area contributed by atoms with Crippen molar-refractivity contribution in [3.8, 4) is 5.82 Å². The summed E-state index contributed by atoms with van der Waals surface area (Å²) in [5.74, 6) is 0.788. The normalized spacial score (nSPS) is 10.4. The Labute approximate surface area is 112 Å². The van der Waals surface area contributed by atoms with E-state index in [0.29, 0.717) is 5.69 Å². The van der Waals surface area contributed by atoms with E-state index in [4.69, 9.17) is 6.57 Å². The van der Waals surface area contributed by atoms with Crippen molar-refractivity contribution in [2.45, 2.75) is 0 Å². The van der Waals surface area contributed by atoms with Crippen LogP contribution in [0.15, 0.2) is 47.5 Å². The van der Waals surface area contributed by atoms with E-state index >= 15 is 0 Å². The monoisotopic (exact) mass is 298 g/mol. The summed E-state index contributed by atoms with van der Waals surface area (Å²) in [4.78, 5) is 11.8. The number of hydrogen-bond donors (Lipinski definition) is 0. The lowest BCUT2D eigenvalue weighted by atomic mass is 10.3. The molecule has 0 amide bonds. The van der Waals surface area contributed by atoms with Crippen molar-refractivity contribution in [3.63, 3.8) is 0 Å². The van der Waals surface area contributed by atoms with Crippen LogP contribution in [0.2, 0.25) is 0 Å². The van der Waals surface area contributed by atoms with Gasteiger partial charge in [-0.3, -0.25) is 4.98 Å². The van der Waals surface area contributed by atoms with Gasteiger partial charge in [0.25, 0.3) is 0 Å². The molecule has 0 fully saturated rings. The Kier molecular flexibility index (Phi) is 2.58. The number of rotatable bonds is 1. The van der Waals surface area contributed by atoms with Crippen molar-refractivity contribution < 1.29 is 0 Å². The highest BCUT2D eigenvalue weighted by Gasteiger charge is 2.06. The molecule has 3 rings (SSSR count). The fraction of sp³-hybridized carbons (Fsp3) is 0. The van der Waals surface area contributed by atoms with Gasteiger partial charge in [0.2, 0.25) is 5.69 Å². The van der Waals surface area contributed by atoms with Gasteiger partial charge in [-0.15, -0.1) is 0 Å². The van der Waals surface area contributed by atoms with Crippen LogP contribution in [0.5, 0.6) is 0 Å². The van der Waals surface area contributed by atoms with E-state index in [-0.39, 0.29) is 0 Å². The second-order valence-corrected chi connectivity index (χ2v) is 4.46. The van der Waals surface area contributed by atoms with Crippen LogP contribution in [0.1, 0.15) is 0 Å². The molecule has 3 aromatic heterocycles. The van der Waals surface area contributed by atoms with Gasteiger partial charge in [0.15, 0.2) is 0 Å². The average Bonchev–Trinajstić information content (AvgIpc) is 2.84. The molecule has 0 spiro atoms. The van der Waals surface area contributed by atoms with E-state index in [1.54, 1.807) is 18.5 Å². The van der Waals surface area contributed by atoms with Crippen molar-refractivity contribution >= 4 is 32.5 Å². The van der Waals surface area contributed by atoms with Crippen LogP contribution in [0.25, 0.3) is 21.6 Å². The Morgan fingerprint density at radius 3 is 2.78 bits per heavy atom. The smallest absolute Gasteiger partial charge is 0.205 e. The van der Waals surface area contributed by atoms with Gasteiger partial charge in [-0.25, -0.2) is 9.83 Å². The van der Waals surface area contributed by atoms with Crippen LogP contribution < -0.4 is 0 Å². The molecule has 0 aliphatic heterocycles. The van der Waals surface area contributed by atoms with Crippen LogP contribution in [-0.4, -0.2) is 14.5 Å². The summed E-state index contributed by atoms with van der Waals surface area (Å²) in [6.45, 7) is 6.91. The molecule has 86 valence electrons. The molecule has 0 saturated heterocycles. The first-order valence-electron chi connectivity index (χ1n) is 5.25. The number of hydrogen-bond acceptors (Lipinski definition) is 2. The molecule has 3 aromatic rings. The maximum Gasteiger partial charge on any atom is 0.205 e. The lowest BCUT2D eigenvalue weighted by Gasteiger charge is -2.04. The fourth-order valence-corrected chi connectivity index (χ4v) is 2.27. The number of pyridine rings is 2. The first-order valence-corrected chi connectivity index (χ1v) is 6.04. The third-order valence-corrected chi connectivity index (χ3v) is 3.31. The molecule has 0 bridgehead atoms. The molecule has 0 radical (unpaired) electrons. The van der Waals surface area contributed by atoms with Crippen molar-refractivity contribution in [2.75, 3.05) is 0 Å². The van der Waals surface area contributed by atoms with E-state index < -0.39 is 0 Å². The first kappa shape index (κ1) is 10.9. The first-order chi connectivity index (χ1) is 8.79. The van der Waals surface area contributed by atoms with Crippen molar-refractivity contribution in [1.29, 1.82) is 0 Å². The second-order valence-electron chi connectivity index (χ2n) is 3.71. The molecule has 5 heteroatoms. The van der Waals surface area contributed by atoms with Crippen LogP contribution in [0.4, 0.5) is 5.69 Å². The highest BCUT2D eigenvalue weighted by atomic mass is 79.9. The summed E-state index contributed by atoms with van der Waals surface area (Å²) in [6.07, 6.45) is 5.26. The Bertz CT molecular complexity index is 753. The van der Waals surface area contributed by atoms with E-state index in [9.17, 15) is 0 Å². The largest absolute Gasteiger partial charge is 0.301 e. The minimum absolute atomic E-state index is 0.540. The zero-order valence-electron chi connectivity index (χ0n) is 9.21. The van der Waals surface area contributed by atoms with E-state index in [0.717, 1.165) is 21.3 Å². The van der Waals surface area contributed by atoms with Gasteiger partial charge in [-0.2, -0.15) is 0 Å². The van der Waals surface area contributed by atoms with Gasteiger partial charge in [0.05, 0.1) is 12.1 Å². The predicted octanol–water partition coefficient (Wildman–Crippen LogP) is 3.73. The maximum absolute atomic E-state index is 6.91. The zero-order valence-corrected chi connectivity index (χ0v) is 10.8. The molecular weight excluding hydrogens is 292 g/mol. The molecule has 0 unspecified atom stereocenters. The minimum atomic E-state index is 0.540. The molecular formula is C13H7BrN4. The van der Waals surface area contributed by atoms with E-state index in [1.165, 1.54) is 0 Å². The van der Waals surface area contributed by atoms with E-state index in [2.05, 4.69) is 30.7 Å². The van der Waals surface area contributed by atoms with Crippen LogP contribution in [0, 0.1) is 6.57 Å². The third kappa shape index (κ3) is 1.67. The van der Waals surface area contributed by atoms with Crippen LogP contribution >= 0.6 is 15.9 Å². The number of nitrogens with zero attached hydrogens (tertiary/aromatic N) is 4.